The minimum atomic E-state index is 0.248. The number of amides is 1. The van der Waals surface area contributed by atoms with Crippen molar-refractivity contribution in [3.05, 3.63) is 0 Å². The molecule has 4 heteroatoms. The summed E-state index contributed by atoms with van der Waals surface area (Å²) in [5.74, 6) is 0.877. The lowest BCUT2D eigenvalue weighted by Crippen LogP contribution is -2.43. The van der Waals surface area contributed by atoms with Crippen molar-refractivity contribution in [2.75, 3.05) is 32.7 Å². The molecule has 18 heavy (non-hydrogen) atoms. The first-order valence-electron chi connectivity index (χ1n) is 7.33. The Hall–Kier alpha value is -0.610. The Bertz CT molecular complexity index is 255. The second kappa shape index (κ2) is 7.74. The fourth-order valence-corrected chi connectivity index (χ4v) is 2.52. The van der Waals surface area contributed by atoms with E-state index < -0.39 is 0 Å². The highest BCUT2D eigenvalue weighted by molar-refractivity contribution is 5.80. The first-order valence-corrected chi connectivity index (χ1v) is 7.33. The Balaban J connectivity index is 2.44. The first kappa shape index (κ1) is 15.4. The van der Waals surface area contributed by atoms with Crippen molar-refractivity contribution in [2.45, 2.75) is 46.7 Å². The maximum Gasteiger partial charge on any atom is 0.237 e. The van der Waals surface area contributed by atoms with Gasteiger partial charge in [-0.25, -0.2) is 0 Å². The second-order valence-electron chi connectivity index (χ2n) is 5.55. The number of hydrogen-bond acceptors (Lipinski definition) is 3. The molecule has 1 heterocycles. The van der Waals surface area contributed by atoms with Crippen LogP contribution in [0.4, 0.5) is 0 Å². The summed E-state index contributed by atoms with van der Waals surface area (Å²) in [5, 5.41) is 3.32. The molecule has 0 aromatic rings. The van der Waals surface area contributed by atoms with Crippen LogP contribution < -0.4 is 5.32 Å². The van der Waals surface area contributed by atoms with Gasteiger partial charge in [-0.15, -0.1) is 0 Å². The molecule has 1 fully saturated rings. The Morgan fingerprint density at radius 3 is 2.67 bits per heavy atom. The number of rotatable bonds is 8. The van der Waals surface area contributed by atoms with Crippen LogP contribution in [0.3, 0.4) is 0 Å². The lowest BCUT2D eigenvalue weighted by molar-refractivity contribution is -0.128. The number of likely N-dealkylation sites (N-methyl/N-ethyl adjacent to an activating group) is 1. The van der Waals surface area contributed by atoms with Crippen molar-refractivity contribution in [2.24, 2.45) is 5.92 Å². The molecule has 0 aromatic carbocycles. The highest BCUT2D eigenvalue weighted by Crippen LogP contribution is 2.13. The third-order valence-corrected chi connectivity index (χ3v) is 3.52. The van der Waals surface area contributed by atoms with E-state index in [-0.39, 0.29) is 12.1 Å². The van der Waals surface area contributed by atoms with E-state index in [2.05, 4.69) is 37.9 Å². The summed E-state index contributed by atoms with van der Waals surface area (Å²) in [6.45, 7) is 13.4. The fourth-order valence-electron chi connectivity index (χ4n) is 2.52. The molecule has 106 valence electrons. The van der Waals surface area contributed by atoms with E-state index in [0.29, 0.717) is 12.5 Å². The smallest absolute Gasteiger partial charge is 0.237 e. The van der Waals surface area contributed by atoms with Gasteiger partial charge in [-0.2, -0.15) is 0 Å². The molecule has 1 rings (SSSR count). The van der Waals surface area contributed by atoms with Gasteiger partial charge in [0.05, 0.1) is 12.7 Å². The van der Waals surface area contributed by atoms with Gasteiger partial charge in [0.15, 0.2) is 0 Å². The van der Waals surface area contributed by atoms with Crippen molar-refractivity contribution in [3.63, 3.8) is 0 Å². The van der Waals surface area contributed by atoms with Crippen LogP contribution in [-0.4, -0.2) is 54.6 Å². The Kier molecular flexibility index (Phi) is 6.65. The van der Waals surface area contributed by atoms with Gasteiger partial charge >= 0.3 is 0 Å². The van der Waals surface area contributed by atoms with Crippen LogP contribution in [0.15, 0.2) is 0 Å². The third-order valence-electron chi connectivity index (χ3n) is 3.52. The third kappa shape index (κ3) is 4.58. The molecule has 0 spiro atoms. The summed E-state index contributed by atoms with van der Waals surface area (Å²) in [6.07, 6.45) is 2.47. The lowest BCUT2D eigenvalue weighted by atomic mass is 10.1. The van der Waals surface area contributed by atoms with Gasteiger partial charge in [0, 0.05) is 13.1 Å². The number of nitrogens with zero attached hydrogens (tertiary/aromatic N) is 2. The average Bonchev–Trinajstić information content (AvgIpc) is 2.65. The van der Waals surface area contributed by atoms with E-state index in [9.17, 15) is 4.79 Å². The topological polar surface area (TPSA) is 35.6 Å². The minimum Gasteiger partial charge on any atom is -0.325 e. The summed E-state index contributed by atoms with van der Waals surface area (Å²) in [6, 6.07) is 0. The summed E-state index contributed by atoms with van der Waals surface area (Å²) >= 11 is 0. The highest BCUT2D eigenvalue weighted by Gasteiger charge is 2.30. The van der Waals surface area contributed by atoms with Crippen LogP contribution in [0.25, 0.3) is 0 Å². The zero-order valence-electron chi connectivity index (χ0n) is 12.4. The van der Waals surface area contributed by atoms with Gasteiger partial charge in [0.1, 0.15) is 0 Å². The fraction of sp³-hybridized carbons (Fsp3) is 0.929. The molecule has 0 saturated carbocycles. The van der Waals surface area contributed by atoms with Crippen molar-refractivity contribution in [1.29, 1.82) is 0 Å². The molecule has 1 N–H and O–H groups in total. The molecule has 1 atom stereocenters. The molecule has 0 aromatic heterocycles. The van der Waals surface area contributed by atoms with E-state index in [1.807, 2.05) is 4.90 Å². The summed E-state index contributed by atoms with van der Waals surface area (Å²) in [7, 11) is 0. The molecule has 0 radical (unpaired) electrons. The number of hydrogen-bond donors (Lipinski definition) is 1. The van der Waals surface area contributed by atoms with Crippen LogP contribution in [0.2, 0.25) is 0 Å². The zero-order chi connectivity index (χ0) is 13.5. The molecule has 0 aliphatic carbocycles. The maximum atomic E-state index is 11.9. The van der Waals surface area contributed by atoms with E-state index in [4.69, 9.17) is 0 Å². The van der Waals surface area contributed by atoms with Crippen LogP contribution in [-0.2, 0) is 4.79 Å². The lowest BCUT2D eigenvalue weighted by Gasteiger charge is -2.28. The number of carbonyl (C=O) groups excluding carboxylic acids is 1. The Labute approximate surface area is 112 Å². The second-order valence-corrected chi connectivity index (χ2v) is 5.55. The maximum absolute atomic E-state index is 11.9. The molecule has 1 aliphatic rings. The van der Waals surface area contributed by atoms with Crippen molar-refractivity contribution in [1.82, 2.24) is 15.1 Å². The summed E-state index contributed by atoms with van der Waals surface area (Å²) in [4.78, 5) is 16.3. The monoisotopic (exact) mass is 255 g/mol. The molecule has 1 amide bonds. The molecule has 1 unspecified atom stereocenters. The van der Waals surface area contributed by atoms with Gasteiger partial charge in [0.25, 0.3) is 0 Å². The Morgan fingerprint density at radius 2 is 2.11 bits per heavy atom. The summed E-state index contributed by atoms with van der Waals surface area (Å²) in [5.41, 5.74) is 0. The van der Waals surface area contributed by atoms with Crippen LogP contribution in [0.1, 0.15) is 40.5 Å². The average molecular weight is 255 g/mol. The molecule has 1 aliphatic heterocycles. The van der Waals surface area contributed by atoms with E-state index in [1.165, 1.54) is 6.42 Å². The van der Waals surface area contributed by atoms with Gasteiger partial charge in [-0.1, -0.05) is 27.7 Å². The van der Waals surface area contributed by atoms with Gasteiger partial charge < -0.3 is 9.80 Å². The van der Waals surface area contributed by atoms with Gasteiger partial charge in [-0.05, 0) is 31.8 Å². The molecular weight excluding hydrogens is 226 g/mol. The van der Waals surface area contributed by atoms with Crippen LogP contribution in [0.5, 0.6) is 0 Å². The number of nitrogens with one attached hydrogen (secondary N) is 1. The van der Waals surface area contributed by atoms with Crippen LogP contribution in [0, 0.1) is 5.92 Å². The Morgan fingerprint density at radius 1 is 1.39 bits per heavy atom. The number of carbonyl (C=O) groups is 1. The first-order chi connectivity index (χ1) is 8.58. The standard InChI is InChI=1S/C14H29N3O/c1-5-7-16(6-2)8-9-17-13(10-12(3)4)15-11-14(17)18/h12-13,15H,5-11H2,1-4H3. The molecule has 0 bridgehead atoms. The predicted octanol–water partition coefficient (Wildman–Crippen LogP) is 1.52. The predicted molar refractivity (Wildman–Crippen MR) is 75.4 cm³/mol. The van der Waals surface area contributed by atoms with Gasteiger partial charge in [-0.3, -0.25) is 10.1 Å². The minimum absolute atomic E-state index is 0.248. The van der Waals surface area contributed by atoms with Crippen molar-refractivity contribution in [3.8, 4) is 0 Å². The molecule has 4 nitrogen and oxygen atoms in total. The van der Waals surface area contributed by atoms with Crippen molar-refractivity contribution >= 4 is 5.91 Å². The van der Waals surface area contributed by atoms with Crippen LogP contribution >= 0.6 is 0 Å². The normalized spacial score (nSPS) is 20.4. The quantitative estimate of drug-likeness (QED) is 0.714. The molecular formula is C14H29N3O. The SMILES string of the molecule is CCCN(CC)CCN1C(=O)CNC1CC(C)C. The summed E-state index contributed by atoms with van der Waals surface area (Å²) < 4.78 is 0. The molecule has 1 saturated heterocycles. The van der Waals surface area contributed by atoms with E-state index >= 15 is 0 Å². The van der Waals surface area contributed by atoms with Gasteiger partial charge in [0.2, 0.25) is 5.91 Å². The van der Waals surface area contributed by atoms with Crippen molar-refractivity contribution < 1.29 is 4.79 Å². The highest BCUT2D eigenvalue weighted by atomic mass is 16.2. The van der Waals surface area contributed by atoms with E-state index in [0.717, 1.165) is 32.6 Å². The van der Waals surface area contributed by atoms with E-state index in [1.54, 1.807) is 0 Å². The zero-order valence-corrected chi connectivity index (χ0v) is 12.4. The largest absolute Gasteiger partial charge is 0.325 e.